The first-order valence-electron chi connectivity index (χ1n) is 18.9. The van der Waals surface area contributed by atoms with Gasteiger partial charge in [-0.2, -0.15) is 0 Å². The van der Waals surface area contributed by atoms with E-state index in [9.17, 15) is 19.5 Å². The summed E-state index contributed by atoms with van der Waals surface area (Å²) in [4.78, 5) is 68.8. The zero-order chi connectivity index (χ0) is 41.4. The minimum absolute atomic E-state index is 0.0416. The molecule has 0 bridgehead atoms. The van der Waals surface area contributed by atoms with Crippen molar-refractivity contribution in [3.8, 4) is 11.5 Å². The van der Waals surface area contributed by atoms with E-state index < -0.39 is 41.3 Å². The Morgan fingerprint density at radius 1 is 0.948 bits per heavy atom. The lowest BCUT2D eigenvalue weighted by Gasteiger charge is -2.38. The van der Waals surface area contributed by atoms with Gasteiger partial charge in [0.15, 0.2) is 0 Å². The molecule has 3 aromatic heterocycles. The number of pyridine rings is 1. The number of aromatic amines is 2. The van der Waals surface area contributed by atoms with Crippen LogP contribution in [-0.2, 0) is 37.6 Å². The summed E-state index contributed by atoms with van der Waals surface area (Å²) >= 11 is 6.27. The van der Waals surface area contributed by atoms with Crippen LogP contribution in [0.1, 0.15) is 43.4 Å². The van der Waals surface area contributed by atoms with Crippen molar-refractivity contribution in [1.29, 1.82) is 0 Å². The number of halogens is 1. The molecule has 302 valence electrons. The predicted molar refractivity (Wildman–Crippen MR) is 224 cm³/mol. The van der Waals surface area contributed by atoms with Crippen molar-refractivity contribution in [3.63, 3.8) is 0 Å². The van der Waals surface area contributed by atoms with E-state index in [-0.39, 0.29) is 31.7 Å². The largest absolute Gasteiger partial charge is 0.508 e. The van der Waals surface area contributed by atoms with Crippen LogP contribution in [-0.4, -0.2) is 76.0 Å². The normalized spacial score (nSPS) is 13.3. The van der Waals surface area contributed by atoms with E-state index in [0.717, 1.165) is 22.0 Å². The minimum atomic E-state index is -1.77. The minimum Gasteiger partial charge on any atom is -0.508 e. The van der Waals surface area contributed by atoms with Crippen LogP contribution in [0.4, 0.5) is 5.69 Å². The summed E-state index contributed by atoms with van der Waals surface area (Å²) in [5, 5.41) is 21.1. The van der Waals surface area contributed by atoms with E-state index in [2.05, 4.69) is 30.9 Å². The van der Waals surface area contributed by atoms with Gasteiger partial charge in [-0.1, -0.05) is 11.6 Å². The number of carbonyl (C=O) groups excluding carboxylic acids is 4. The van der Waals surface area contributed by atoms with E-state index in [0.29, 0.717) is 45.8 Å². The second kappa shape index (κ2) is 18.3. The Kier molecular flexibility index (Phi) is 13.0. The summed E-state index contributed by atoms with van der Waals surface area (Å²) < 4.78 is 5.40. The molecule has 0 aliphatic rings. The third kappa shape index (κ3) is 9.25. The Balaban J connectivity index is 1.30. The Morgan fingerprint density at radius 2 is 1.66 bits per heavy atom. The summed E-state index contributed by atoms with van der Waals surface area (Å²) in [6.45, 7) is 3.64. The van der Waals surface area contributed by atoms with Crippen LogP contribution >= 0.6 is 11.6 Å². The number of hydrogen-bond acceptors (Lipinski definition) is 8. The summed E-state index contributed by atoms with van der Waals surface area (Å²) in [5.74, 6) is -1.48. The van der Waals surface area contributed by atoms with Gasteiger partial charge in [0, 0.05) is 82.3 Å². The Bertz CT molecular complexity index is 2400. The standard InChI is InChI=1S/C43H47ClN8O6/c1-26(40(55)50-38(21-27-14-18-46-19-15-27)41(56)47-20-16-28-24-48-36-13-11-32(58-3)23-33(28)36)52(30-8-6-29(44)7-9-30)42(57)43(2,51-39(54)5-4-17-45)35-25-49-37-12-10-31(53)22-34(35)37/h6-15,18-19,22-26,38,48-49,53H,4-5,16-17,20-21,45H2,1-3H3,(H,47,56)(H,50,55)(H,51,54). The molecule has 0 saturated heterocycles. The summed E-state index contributed by atoms with van der Waals surface area (Å²) in [6.07, 6.45) is 7.77. The number of nitrogens with two attached hydrogens (primary N) is 1. The number of hydrogen-bond donors (Lipinski definition) is 7. The third-order valence-electron chi connectivity index (χ3n) is 10.2. The van der Waals surface area contributed by atoms with Gasteiger partial charge in [0.2, 0.25) is 17.7 Å². The fourth-order valence-electron chi connectivity index (χ4n) is 7.03. The molecule has 0 fully saturated rings. The molecule has 0 spiro atoms. The molecule has 3 unspecified atom stereocenters. The highest BCUT2D eigenvalue weighted by Gasteiger charge is 2.45. The lowest BCUT2D eigenvalue weighted by atomic mass is 9.88. The van der Waals surface area contributed by atoms with E-state index in [1.54, 1.807) is 82.0 Å². The predicted octanol–water partition coefficient (Wildman–Crippen LogP) is 4.99. The van der Waals surface area contributed by atoms with Gasteiger partial charge in [-0.3, -0.25) is 29.1 Å². The number of phenolic OH excluding ortho intramolecular Hbond substituents is 1. The maximum Gasteiger partial charge on any atom is 0.257 e. The number of H-pyrrole nitrogens is 2. The molecule has 3 aromatic carbocycles. The van der Waals surface area contributed by atoms with Crippen molar-refractivity contribution in [2.45, 2.75) is 57.2 Å². The number of nitrogens with one attached hydrogen (secondary N) is 5. The van der Waals surface area contributed by atoms with Crippen LogP contribution in [0.2, 0.25) is 5.02 Å². The molecule has 14 nitrogen and oxygen atoms in total. The van der Waals surface area contributed by atoms with Gasteiger partial charge in [-0.15, -0.1) is 0 Å². The zero-order valence-corrected chi connectivity index (χ0v) is 33.2. The second-order valence-electron chi connectivity index (χ2n) is 14.2. The van der Waals surface area contributed by atoms with E-state index in [4.69, 9.17) is 22.1 Å². The van der Waals surface area contributed by atoms with Crippen molar-refractivity contribution < 1.29 is 29.0 Å². The molecule has 15 heteroatoms. The van der Waals surface area contributed by atoms with E-state index >= 15 is 4.79 Å². The van der Waals surface area contributed by atoms with E-state index in [1.807, 2.05) is 24.4 Å². The number of phenols is 1. The second-order valence-corrected chi connectivity index (χ2v) is 14.6. The van der Waals surface area contributed by atoms with Crippen LogP contribution < -0.4 is 31.3 Å². The molecule has 6 rings (SSSR count). The molecular formula is C43H47ClN8O6. The number of aromatic nitrogens is 3. The average molecular weight is 807 g/mol. The first kappa shape index (κ1) is 41.3. The molecule has 0 radical (unpaired) electrons. The number of anilines is 1. The molecule has 6 aromatic rings. The number of rotatable bonds is 17. The van der Waals surface area contributed by atoms with Crippen molar-refractivity contribution in [3.05, 3.63) is 119 Å². The first-order valence-corrected chi connectivity index (χ1v) is 19.3. The summed E-state index contributed by atoms with van der Waals surface area (Å²) in [5.41, 5.74) is 7.90. The van der Waals surface area contributed by atoms with Gasteiger partial charge in [0.05, 0.1) is 7.11 Å². The van der Waals surface area contributed by atoms with Gasteiger partial charge < -0.3 is 41.5 Å². The number of carbonyl (C=O) groups is 4. The SMILES string of the molecule is COc1ccc2[nH]cc(CCNC(=O)C(Cc3ccncc3)NC(=O)C(C)N(C(=O)C(C)(NC(=O)CCCN)c3c[nH]c4ccc(O)cc34)c3ccc(Cl)cc3)c2c1. The van der Waals surface area contributed by atoms with Crippen molar-refractivity contribution >= 4 is 62.7 Å². The topological polar surface area (TPSA) is 208 Å². The highest BCUT2D eigenvalue weighted by molar-refractivity contribution is 6.30. The molecule has 4 amide bonds. The number of aromatic hydroxyl groups is 1. The third-order valence-corrected chi connectivity index (χ3v) is 10.5. The van der Waals surface area contributed by atoms with Crippen molar-refractivity contribution in [2.24, 2.45) is 5.73 Å². The fourth-order valence-corrected chi connectivity index (χ4v) is 7.16. The van der Waals surface area contributed by atoms with Crippen LogP contribution in [0, 0.1) is 0 Å². The Labute approximate surface area is 340 Å². The van der Waals surface area contributed by atoms with Gasteiger partial charge in [0.1, 0.15) is 29.1 Å². The van der Waals surface area contributed by atoms with E-state index in [1.165, 1.54) is 17.0 Å². The monoisotopic (exact) mass is 806 g/mol. The van der Waals surface area contributed by atoms with Crippen LogP contribution in [0.5, 0.6) is 11.5 Å². The number of benzene rings is 3. The average Bonchev–Trinajstić information content (AvgIpc) is 3.84. The molecular weight excluding hydrogens is 760 g/mol. The smallest absolute Gasteiger partial charge is 0.257 e. The molecule has 3 heterocycles. The number of amides is 4. The molecule has 58 heavy (non-hydrogen) atoms. The van der Waals surface area contributed by atoms with Crippen LogP contribution in [0.25, 0.3) is 21.8 Å². The quantitative estimate of drug-likeness (QED) is 0.0667. The molecule has 0 saturated carbocycles. The molecule has 3 atom stereocenters. The van der Waals surface area contributed by atoms with Crippen LogP contribution in [0.15, 0.2) is 97.6 Å². The first-order chi connectivity index (χ1) is 27.9. The van der Waals surface area contributed by atoms with Crippen LogP contribution in [0.3, 0.4) is 0 Å². The number of fused-ring (bicyclic) bond motifs is 2. The Hall–Kier alpha value is -6.38. The van der Waals surface area contributed by atoms with Gasteiger partial charge in [-0.05, 0) is 117 Å². The number of methoxy groups -OCH3 is 1. The number of nitrogens with zero attached hydrogens (tertiary/aromatic N) is 2. The molecule has 0 aliphatic heterocycles. The molecule has 8 N–H and O–H groups in total. The fraction of sp³-hybridized carbons (Fsp3) is 0.279. The lowest BCUT2D eigenvalue weighted by Crippen LogP contribution is -2.61. The Morgan fingerprint density at radius 3 is 2.38 bits per heavy atom. The zero-order valence-electron chi connectivity index (χ0n) is 32.5. The van der Waals surface area contributed by atoms with Gasteiger partial charge >= 0.3 is 0 Å². The lowest BCUT2D eigenvalue weighted by molar-refractivity contribution is -0.134. The summed E-state index contributed by atoms with van der Waals surface area (Å²) in [6, 6.07) is 18.0. The summed E-state index contributed by atoms with van der Waals surface area (Å²) in [7, 11) is 1.61. The van der Waals surface area contributed by atoms with Gasteiger partial charge in [-0.25, -0.2) is 0 Å². The van der Waals surface area contributed by atoms with Crippen molar-refractivity contribution in [1.82, 2.24) is 30.9 Å². The number of ether oxygens (including phenoxy) is 1. The maximum atomic E-state index is 15.2. The van der Waals surface area contributed by atoms with Gasteiger partial charge in [0.25, 0.3) is 5.91 Å². The highest BCUT2D eigenvalue weighted by atomic mass is 35.5. The highest BCUT2D eigenvalue weighted by Crippen LogP contribution is 2.35. The van der Waals surface area contributed by atoms with Crippen molar-refractivity contribution in [2.75, 3.05) is 25.1 Å². The molecule has 0 aliphatic carbocycles. The maximum absolute atomic E-state index is 15.2.